The monoisotopic (exact) mass is 402 g/mol. The summed E-state index contributed by atoms with van der Waals surface area (Å²) in [6.07, 6.45) is 0.836. The number of phenols is 1. The van der Waals surface area contributed by atoms with Crippen molar-refractivity contribution >= 4 is 5.97 Å². The zero-order valence-electron chi connectivity index (χ0n) is 18.1. The number of carboxylic acid groups (broad SMARTS) is 1. The first-order valence-corrected chi connectivity index (χ1v) is 10.4. The SMILES string of the molecule is CC(CC(c1ccccc1)c1ccc(O)c(C(=O)O)c1)c1ccc(C(C)(C)C)cc1. The molecule has 3 heteroatoms. The molecule has 156 valence electrons. The van der Waals surface area contributed by atoms with E-state index in [0.717, 1.165) is 17.5 Å². The van der Waals surface area contributed by atoms with Crippen LogP contribution in [0.3, 0.4) is 0 Å². The Balaban J connectivity index is 1.94. The summed E-state index contributed by atoms with van der Waals surface area (Å²) < 4.78 is 0. The van der Waals surface area contributed by atoms with Crippen molar-refractivity contribution in [2.24, 2.45) is 0 Å². The molecular weight excluding hydrogens is 372 g/mol. The van der Waals surface area contributed by atoms with E-state index in [1.54, 1.807) is 6.07 Å². The lowest BCUT2D eigenvalue weighted by Gasteiger charge is -2.24. The fourth-order valence-electron chi connectivity index (χ4n) is 3.89. The Hall–Kier alpha value is -3.07. The van der Waals surface area contributed by atoms with Gasteiger partial charge in [0.25, 0.3) is 0 Å². The minimum absolute atomic E-state index is 0.0298. The molecule has 0 bridgehead atoms. The number of hydrogen-bond donors (Lipinski definition) is 2. The summed E-state index contributed by atoms with van der Waals surface area (Å²) in [7, 11) is 0. The molecule has 2 N–H and O–H groups in total. The van der Waals surface area contributed by atoms with Crippen LogP contribution in [0.1, 0.15) is 78.6 Å². The van der Waals surface area contributed by atoms with Crippen LogP contribution in [-0.2, 0) is 5.41 Å². The third-order valence-corrected chi connectivity index (χ3v) is 5.79. The summed E-state index contributed by atoms with van der Waals surface area (Å²) >= 11 is 0. The van der Waals surface area contributed by atoms with Crippen LogP contribution < -0.4 is 0 Å². The van der Waals surface area contributed by atoms with E-state index < -0.39 is 5.97 Å². The standard InChI is InChI=1S/C27H30O3/c1-18(19-10-13-22(14-11-19)27(2,3)4)16-23(20-8-6-5-7-9-20)21-12-15-25(28)24(17-21)26(29)30/h5-15,17-18,23,28H,16H2,1-4H3,(H,29,30). The van der Waals surface area contributed by atoms with Gasteiger partial charge in [-0.1, -0.05) is 88.4 Å². The first kappa shape index (κ1) is 21.6. The summed E-state index contributed by atoms with van der Waals surface area (Å²) in [5.41, 5.74) is 4.67. The molecule has 0 fully saturated rings. The van der Waals surface area contributed by atoms with Crippen molar-refractivity contribution in [3.63, 3.8) is 0 Å². The van der Waals surface area contributed by atoms with Gasteiger partial charge in [-0.3, -0.25) is 0 Å². The van der Waals surface area contributed by atoms with Crippen LogP contribution in [0, 0.1) is 0 Å². The Bertz CT molecular complexity index is 999. The average molecular weight is 403 g/mol. The van der Waals surface area contributed by atoms with Gasteiger partial charge in [0.15, 0.2) is 0 Å². The molecule has 0 radical (unpaired) electrons. The number of rotatable bonds is 6. The number of carboxylic acids is 1. The van der Waals surface area contributed by atoms with E-state index in [2.05, 4.69) is 64.1 Å². The summed E-state index contributed by atoms with van der Waals surface area (Å²) in [5.74, 6) is -1.01. The molecule has 30 heavy (non-hydrogen) atoms. The molecule has 0 aromatic heterocycles. The van der Waals surface area contributed by atoms with Crippen LogP contribution in [0.5, 0.6) is 5.75 Å². The minimum Gasteiger partial charge on any atom is -0.507 e. The molecule has 0 aliphatic heterocycles. The second kappa shape index (κ2) is 8.74. The normalized spacial score (nSPS) is 13.6. The van der Waals surface area contributed by atoms with Gasteiger partial charge in [0.05, 0.1) is 0 Å². The van der Waals surface area contributed by atoms with Gasteiger partial charge in [-0.05, 0) is 52.1 Å². The van der Waals surface area contributed by atoms with E-state index in [9.17, 15) is 15.0 Å². The third kappa shape index (κ3) is 4.91. The first-order chi connectivity index (χ1) is 14.2. The van der Waals surface area contributed by atoms with Gasteiger partial charge >= 0.3 is 5.97 Å². The molecule has 3 nitrogen and oxygen atoms in total. The van der Waals surface area contributed by atoms with Crippen LogP contribution in [-0.4, -0.2) is 16.2 Å². The Morgan fingerprint density at radius 1 is 0.867 bits per heavy atom. The molecule has 0 spiro atoms. The van der Waals surface area contributed by atoms with Crippen LogP contribution >= 0.6 is 0 Å². The summed E-state index contributed by atoms with van der Waals surface area (Å²) in [4.78, 5) is 11.5. The summed E-state index contributed by atoms with van der Waals surface area (Å²) in [6.45, 7) is 8.84. The van der Waals surface area contributed by atoms with E-state index in [1.807, 2.05) is 24.3 Å². The number of carbonyl (C=O) groups is 1. The Labute approximate surface area is 179 Å². The molecule has 3 aromatic rings. The zero-order valence-corrected chi connectivity index (χ0v) is 18.1. The molecule has 3 rings (SSSR count). The summed E-state index contributed by atoms with van der Waals surface area (Å²) in [6, 6.07) is 23.9. The second-order valence-electron chi connectivity index (χ2n) is 9.05. The highest BCUT2D eigenvalue weighted by molar-refractivity contribution is 5.91. The molecule has 0 aliphatic rings. The molecule has 0 heterocycles. The largest absolute Gasteiger partial charge is 0.507 e. The number of aromatic carboxylic acids is 1. The predicted molar refractivity (Wildman–Crippen MR) is 122 cm³/mol. The van der Waals surface area contributed by atoms with Gasteiger partial charge in [0.1, 0.15) is 11.3 Å². The van der Waals surface area contributed by atoms with Crippen molar-refractivity contribution in [2.45, 2.75) is 51.4 Å². The zero-order chi connectivity index (χ0) is 21.9. The Morgan fingerprint density at radius 2 is 1.47 bits per heavy atom. The topological polar surface area (TPSA) is 57.5 Å². The number of aromatic hydroxyl groups is 1. The van der Waals surface area contributed by atoms with Crippen molar-refractivity contribution in [1.29, 1.82) is 0 Å². The average Bonchev–Trinajstić information content (AvgIpc) is 2.72. The van der Waals surface area contributed by atoms with Crippen LogP contribution in [0.4, 0.5) is 0 Å². The second-order valence-corrected chi connectivity index (χ2v) is 9.05. The van der Waals surface area contributed by atoms with E-state index in [1.165, 1.54) is 17.2 Å². The van der Waals surface area contributed by atoms with E-state index in [-0.39, 0.29) is 28.6 Å². The Kier molecular flexibility index (Phi) is 6.31. The minimum atomic E-state index is -1.12. The molecule has 2 atom stereocenters. The van der Waals surface area contributed by atoms with E-state index in [4.69, 9.17) is 0 Å². The van der Waals surface area contributed by atoms with Gasteiger partial charge in [-0.15, -0.1) is 0 Å². The Morgan fingerprint density at radius 3 is 2.03 bits per heavy atom. The highest BCUT2D eigenvalue weighted by atomic mass is 16.4. The van der Waals surface area contributed by atoms with Gasteiger partial charge in [0, 0.05) is 5.92 Å². The highest BCUT2D eigenvalue weighted by Crippen LogP contribution is 2.37. The lowest BCUT2D eigenvalue weighted by molar-refractivity contribution is 0.0693. The highest BCUT2D eigenvalue weighted by Gasteiger charge is 2.22. The molecule has 0 saturated carbocycles. The van der Waals surface area contributed by atoms with Crippen LogP contribution in [0.2, 0.25) is 0 Å². The van der Waals surface area contributed by atoms with Gasteiger partial charge < -0.3 is 10.2 Å². The summed E-state index contributed by atoms with van der Waals surface area (Å²) in [5, 5.41) is 19.4. The van der Waals surface area contributed by atoms with Gasteiger partial charge in [-0.25, -0.2) is 4.79 Å². The van der Waals surface area contributed by atoms with Crippen LogP contribution in [0.15, 0.2) is 72.8 Å². The van der Waals surface area contributed by atoms with Gasteiger partial charge in [0.2, 0.25) is 0 Å². The number of benzene rings is 3. The van der Waals surface area contributed by atoms with E-state index >= 15 is 0 Å². The van der Waals surface area contributed by atoms with Crippen molar-refractivity contribution in [3.05, 3.63) is 101 Å². The lowest BCUT2D eigenvalue weighted by atomic mass is 9.80. The number of hydrogen-bond acceptors (Lipinski definition) is 2. The maximum absolute atomic E-state index is 11.5. The first-order valence-electron chi connectivity index (χ1n) is 10.4. The van der Waals surface area contributed by atoms with Crippen molar-refractivity contribution in [3.8, 4) is 5.75 Å². The van der Waals surface area contributed by atoms with Gasteiger partial charge in [-0.2, -0.15) is 0 Å². The smallest absolute Gasteiger partial charge is 0.339 e. The molecule has 3 aromatic carbocycles. The molecule has 0 aliphatic carbocycles. The molecule has 0 amide bonds. The molecule has 2 unspecified atom stereocenters. The lowest BCUT2D eigenvalue weighted by Crippen LogP contribution is -2.11. The molecular formula is C27H30O3. The fraction of sp³-hybridized carbons (Fsp3) is 0.296. The maximum atomic E-state index is 11.5. The third-order valence-electron chi connectivity index (χ3n) is 5.79. The maximum Gasteiger partial charge on any atom is 0.339 e. The fourth-order valence-corrected chi connectivity index (χ4v) is 3.89. The van der Waals surface area contributed by atoms with Crippen molar-refractivity contribution in [2.75, 3.05) is 0 Å². The van der Waals surface area contributed by atoms with Crippen molar-refractivity contribution < 1.29 is 15.0 Å². The molecule has 0 saturated heterocycles. The predicted octanol–water partition coefficient (Wildman–Crippen LogP) is 6.71. The van der Waals surface area contributed by atoms with Crippen LogP contribution in [0.25, 0.3) is 0 Å². The quantitative estimate of drug-likeness (QED) is 0.481. The van der Waals surface area contributed by atoms with Crippen molar-refractivity contribution in [1.82, 2.24) is 0 Å². The van der Waals surface area contributed by atoms with E-state index in [0.29, 0.717) is 0 Å².